The summed E-state index contributed by atoms with van der Waals surface area (Å²) < 4.78 is 1.50. The van der Waals surface area contributed by atoms with E-state index in [0.717, 1.165) is 10.6 Å². The van der Waals surface area contributed by atoms with Crippen LogP contribution in [-0.2, 0) is 11.3 Å². The van der Waals surface area contributed by atoms with E-state index in [9.17, 15) is 4.79 Å². The third-order valence-electron chi connectivity index (χ3n) is 3.32. The predicted molar refractivity (Wildman–Crippen MR) is 87.2 cm³/mol. The topological polar surface area (TPSA) is 101 Å². The molecule has 0 aliphatic carbocycles. The lowest BCUT2D eigenvalue weighted by Gasteiger charge is -2.06. The SMILES string of the molecule is Cc1ccsc1-c1cc(NC(=O)Cn2nnnc2C(C)C)n[nH]1. The molecule has 0 spiro atoms. The second-order valence-corrected chi connectivity index (χ2v) is 6.41. The minimum Gasteiger partial charge on any atom is -0.308 e. The summed E-state index contributed by atoms with van der Waals surface area (Å²) >= 11 is 1.63. The number of anilines is 1. The van der Waals surface area contributed by atoms with Gasteiger partial charge in [-0.15, -0.1) is 16.4 Å². The van der Waals surface area contributed by atoms with Crippen molar-refractivity contribution in [2.75, 3.05) is 5.32 Å². The molecule has 0 radical (unpaired) electrons. The highest BCUT2D eigenvalue weighted by atomic mass is 32.1. The second-order valence-electron chi connectivity index (χ2n) is 5.50. The van der Waals surface area contributed by atoms with Crippen LogP contribution in [0.25, 0.3) is 10.6 Å². The first-order chi connectivity index (χ1) is 11.0. The molecular formula is C14H17N7OS. The van der Waals surface area contributed by atoms with Gasteiger partial charge in [-0.25, -0.2) is 4.68 Å². The summed E-state index contributed by atoms with van der Waals surface area (Å²) in [5.41, 5.74) is 2.06. The van der Waals surface area contributed by atoms with Gasteiger partial charge in [0.25, 0.3) is 0 Å². The number of aromatic nitrogens is 6. The summed E-state index contributed by atoms with van der Waals surface area (Å²) in [6.45, 7) is 6.05. The van der Waals surface area contributed by atoms with E-state index in [1.54, 1.807) is 11.3 Å². The minimum atomic E-state index is -0.222. The van der Waals surface area contributed by atoms with E-state index in [-0.39, 0.29) is 18.4 Å². The van der Waals surface area contributed by atoms with E-state index >= 15 is 0 Å². The maximum atomic E-state index is 12.1. The third kappa shape index (κ3) is 3.29. The van der Waals surface area contributed by atoms with Gasteiger partial charge in [0, 0.05) is 12.0 Å². The molecule has 3 rings (SSSR count). The molecule has 1 amide bonds. The summed E-state index contributed by atoms with van der Waals surface area (Å²) in [6, 6.07) is 3.87. The first-order valence-corrected chi connectivity index (χ1v) is 8.08. The Kier molecular flexibility index (Phi) is 4.20. The molecule has 0 unspecified atom stereocenters. The number of aryl methyl sites for hydroxylation is 1. The van der Waals surface area contributed by atoms with Crippen molar-refractivity contribution in [3.05, 3.63) is 28.9 Å². The van der Waals surface area contributed by atoms with Crippen LogP contribution in [0.15, 0.2) is 17.5 Å². The molecule has 3 heterocycles. The molecule has 3 aromatic heterocycles. The van der Waals surface area contributed by atoms with E-state index < -0.39 is 0 Å². The molecule has 9 heteroatoms. The van der Waals surface area contributed by atoms with Crippen molar-refractivity contribution in [1.29, 1.82) is 0 Å². The van der Waals surface area contributed by atoms with Gasteiger partial charge >= 0.3 is 0 Å². The van der Waals surface area contributed by atoms with Crippen LogP contribution in [-0.4, -0.2) is 36.3 Å². The molecule has 0 aliphatic heterocycles. The summed E-state index contributed by atoms with van der Waals surface area (Å²) in [6.07, 6.45) is 0. The molecule has 2 N–H and O–H groups in total. The highest BCUT2D eigenvalue weighted by molar-refractivity contribution is 7.13. The number of hydrogen-bond donors (Lipinski definition) is 2. The maximum absolute atomic E-state index is 12.1. The number of tetrazole rings is 1. The first-order valence-electron chi connectivity index (χ1n) is 7.20. The van der Waals surface area contributed by atoms with Crippen molar-refractivity contribution < 1.29 is 4.79 Å². The number of amides is 1. The number of nitrogens with zero attached hydrogens (tertiary/aromatic N) is 5. The van der Waals surface area contributed by atoms with Gasteiger partial charge in [-0.2, -0.15) is 5.10 Å². The molecule has 0 saturated carbocycles. The van der Waals surface area contributed by atoms with Crippen LogP contribution in [0.3, 0.4) is 0 Å². The number of H-pyrrole nitrogens is 1. The summed E-state index contributed by atoms with van der Waals surface area (Å²) in [5, 5.41) is 23.2. The second kappa shape index (κ2) is 6.29. The highest BCUT2D eigenvalue weighted by Gasteiger charge is 2.15. The van der Waals surface area contributed by atoms with Gasteiger partial charge in [0.1, 0.15) is 6.54 Å². The van der Waals surface area contributed by atoms with Crippen molar-refractivity contribution in [3.8, 4) is 10.6 Å². The average Bonchev–Trinajstić information content (AvgIpc) is 3.19. The highest BCUT2D eigenvalue weighted by Crippen LogP contribution is 2.28. The Balaban J connectivity index is 1.68. The summed E-state index contributed by atoms with van der Waals surface area (Å²) in [4.78, 5) is 13.3. The van der Waals surface area contributed by atoms with Crippen molar-refractivity contribution in [2.24, 2.45) is 0 Å². The Hall–Kier alpha value is -2.55. The van der Waals surface area contributed by atoms with E-state index in [4.69, 9.17) is 0 Å². The molecule has 0 saturated heterocycles. The standard InChI is InChI=1S/C14H17N7OS/c1-8(2)14-18-19-20-21(14)7-12(22)15-11-6-10(16-17-11)13-9(3)4-5-23-13/h4-6,8H,7H2,1-3H3,(H2,15,16,17,22). The predicted octanol–water partition coefficient (Wildman–Crippen LogP) is 2.20. The first kappa shape index (κ1) is 15.3. The van der Waals surface area contributed by atoms with Crippen molar-refractivity contribution in [1.82, 2.24) is 30.4 Å². The largest absolute Gasteiger partial charge is 0.308 e. The fraction of sp³-hybridized carbons (Fsp3) is 0.357. The lowest BCUT2D eigenvalue weighted by molar-refractivity contribution is -0.117. The maximum Gasteiger partial charge on any atom is 0.247 e. The van der Waals surface area contributed by atoms with Gasteiger partial charge < -0.3 is 5.32 Å². The van der Waals surface area contributed by atoms with E-state index in [2.05, 4.69) is 31.0 Å². The van der Waals surface area contributed by atoms with Gasteiger partial charge in [-0.3, -0.25) is 9.89 Å². The number of thiophene rings is 1. The van der Waals surface area contributed by atoms with Crippen molar-refractivity contribution >= 4 is 23.1 Å². The third-order valence-corrected chi connectivity index (χ3v) is 4.37. The van der Waals surface area contributed by atoms with E-state index in [0.29, 0.717) is 11.6 Å². The van der Waals surface area contributed by atoms with Gasteiger partial charge in [-0.05, 0) is 34.4 Å². The number of nitrogens with one attached hydrogen (secondary N) is 2. The van der Waals surface area contributed by atoms with Crippen molar-refractivity contribution in [3.63, 3.8) is 0 Å². The van der Waals surface area contributed by atoms with Crippen LogP contribution in [0, 0.1) is 6.92 Å². The lowest BCUT2D eigenvalue weighted by atomic mass is 10.2. The molecule has 8 nitrogen and oxygen atoms in total. The summed E-state index contributed by atoms with van der Waals surface area (Å²) in [5.74, 6) is 1.09. The number of hydrogen-bond acceptors (Lipinski definition) is 6. The fourth-order valence-corrected chi connectivity index (χ4v) is 3.10. The number of carbonyl (C=O) groups excluding carboxylic acids is 1. The van der Waals surface area contributed by atoms with Crippen LogP contribution < -0.4 is 5.32 Å². The molecule has 0 aliphatic rings. The van der Waals surface area contributed by atoms with Crippen LogP contribution >= 0.6 is 11.3 Å². The number of aromatic amines is 1. The molecular weight excluding hydrogens is 314 g/mol. The number of rotatable bonds is 5. The quantitative estimate of drug-likeness (QED) is 0.746. The zero-order valence-electron chi connectivity index (χ0n) is 13.1. The molecule has 3 aromatic rings. The lowest BCUT2D eigenvalue weighted by Crippen LogP contribution is -2.21. The Morgan fingerprint density at radius 2 is 2.30 bits per heavy atom. The number of carbonyl (C=O) groups is 1. The molecule has 0 fully saturated rings. The van der Waals surface area contributed by atoms with Crippen molar-refractivity contribution in [2.45, 2.75) is 33.2 Å². The van der Waals surface area contributed by atoms with Gasteiger partial charge in [0.15, 0.2) is 11.6 Å². The molecule has 23 heavy (non-hydrogen) atoms. The Labute approximate surface area is 136 Å². The van der Waals surface area contributed by atoms with E-state index in [1.807, 2.05) is 38.3 Å². The fourth-order valence-electron chi connectivity index (χ4n) is 2.21. The zero-order chi connectivity index (χ0) is 16.4. The van der Waals surface area contributed by atoms with Crippen LogP contribution in [0.1, 0.15) is 31.2 Å². The normalized spacial score (nSPS) is 11.1. The zero-order valence-corrected chi connectivity index (χ0v) is 13.9. The molecule has 0 aromatic carbocycles. The minimum absolute atomic E-state index is 0.0563. The Morgan fingerprint density at radius 3 is 3.00 bits per heavy atom. The average molecular weight is 331 g/mol. The van der Waals surface area contributed by atoms with Crippen LogP contribution in [0.4, 0.5) is 5.82 Å². The summed E-state index contributed by atoms with van der Waals surface area (Å²) in [7, 11) is 0. The smallest absolute Gasteiger partial charge is 0.247 e. The molecule has 0 atom stereocenters. The van der Waals surface area contributed by atoms with E-state index in [1.165, 1.54) is 10.2 Å². The van der Waals surface area contributed by atoms with Gasteiger partial charge in [-0.1, -0.05) is 13.8 Å². The van der Waals surface area contributed by atoms with Gasteiger partial charge in [0.05, 0.1) is 10.6 Å². The Morgan fingerprint density at radius 1 is 1.48 bits per heavy atom. The molecule has 0 bridgehead atoms. The van der Waals surface area contributed by atoms with Crippen LogP contribution in [0.5, 0.6) is 0 Å². The van der Waals surface area contributed by atoms with Gasteiger partial charge in [0.2, 0.25) is 5.91 Å². The molecule has 120 valence electrons. The van der Waals surface area contributed by atoms with Crippen LogP contribution in [0.2, 0.25) is 0 Å². The Bertz CT molecular complexity index is 817. The monoisotopic (exact) mass is 331 g/mol.